The van der Waals surface area contributed by atoms with Crippen molar-refractivity contribution in [2.24, 2.45) is 0 Å². The number of aryl methyl sites for hydroxylation is 1. The van der Waals surface area contributed by atoms with E-state index in [1.807, 2.05) is 37.3 Å². The van der Waals surface area contributed by atoms with E-state index in [9.17, 15) is 9.59 Å². The smallest absolute Gasteiger partial charge is 0.266 e. The SMILES string of the molecule is Cc1ccc(C(C)C)c(OCC(=O)NCCn2nc(-c3ccc(Cl)cc3)ccc2=O)c1. The molecule has 3 aromatic rings. The van der Waals surface area contributed by atoms with Crippen LogP contribution in [0.4, 0.5) is 0 Å². The van der Waals surface area contributed by atoms with Crippen molar-refractivity contribution in [1.82, 2.24) is 15.1 Å². The van der Waals surface area contributed by atoms with Gasteiger partial charge in [0.15, 0.2) is 6.61 Å². The number of carbonyl (C=O) groups is 1. The summed E-state index contributed by atoms with van der Waals surface area (Å²) in [6, 6.07) is 16.4. The summed E-state index contributed by atoms with van der Waals surface area (Å²) in [5.41, 5.74) is 3.42. The quantitative estimate of drug-likeness (QED) is 0.571. The minimum absolute atomic E-state index is 0.0870. The van der Waals surface area contributed by atoms with E-state index in [4.69, 9.17) is 16.3 Å². The number of nitrogens with zero attached hydrogens (tertiary/aromatic N) is 2. The molecule has 0 bridgehead atoms. The lowest BCUT2D eigenvalue weighted by molar-refractivity contribution is -0.123. The van der Waals surface area contributed by atoms with E-state index < -0.39 is 0 Å². The second-order valence-electron chi connectivity index (χ2n) is 7.62. The van der Waals surface area contributed by atoms with Crippen LogP contribution in [0.1, 0.15) is 30.9 Å². The standard InChI is InChI=1S/C24H26ClN3O3/c1-16(2)20-9-4-17(3)14-22(20)31-15-23(29)26-12-13-28-24(30)11-10-21(27-28)18-5-7-19(25)8-6-18/h4-11,14,16H,12-13,15H2,1-3H3,(H,26,29). The van der Waals surface area contributed by atoms with Crippen molar-refractivity contribution in [2.45, 2.75) is 33.2 Å². The summed E-state index contributed by atoms with van der Waals surface area (Å²) in [6.45, 7) is 6.59. The molecule has 1 aromatic heterocycles. The van der Waals surface area contributed by atoms with Crippen LogP contribution in [0, 0.1) is 6.92 Å². The summed E-state index contributed by atoms with van der Waals surface area (Å²) in [4.78, 5) is 24.3. The highest BCUT2D eigenvalue weighted by molar-refractivity contribution is 6.30. The number of aromatic nitrogens is 2. The van der Waals surface area contributed by atoms with E-state index >= 15 is 0 Å². The van der Waals surface area contributed by atoms with E-state index in [1.54, 1.807) is 18.2 Å². The normalized spacial score (nSPS) is 10.9. The van der Waals surface area contributed by atoms with Crippen molar-refractivity contribution in [3.8, 4) is 17.0 Å². The molecule has 162 valence electrons. The van der Waals surface area contributed by atoms with E-state index in [0.29, 0.717) is 16.6 Å². The van der Waals surface area contributed by atoms with Gasteiger partial charge in [0.25, 0.3) is 11.5 Å². The minimum atomic E-state index is -0.252. The molecule has 2 aromatic carbocycles. The second kappa shape index (κ2) is 10.3. The summed E-state index contributed by atoms with van der Waals surface area (Å²) >= 11 is 5.92. The van der Waals surface area contributed by atoms with Gasteiger partial charge in [-0.1, -0.05) is 49.7 Å². The van der Waals surface area contributed by atoms with E-state index in [0.717, 1.165) is 22.4 Å². The van der Waals surface area contributed by atoms with Gasteiger partial charge in [-0.25, -0.2) is 4.68 Å². The van der Waals surface area contributed by atoms with Crippen LogP contribution in [-0.2, 0) is 11.3 Å². The molecular formula is C24H26ClN3O3. The third kappa shape index (κ3) is 6.18. The van der Waals surface area contributed by atoms with Crippen molar-refractivity contribution >= 4 is 17.5 Å². The lowest BCUT2D eigenvalue weighted by Gasteiger charge is -2.15. The molecular weight excluding hydrogens is 414 g/mol. The Balaban J connectivity index is 1.56. The van der Waals surface area contributed by atoms with Gasteiger partial charge in [-0.05, 0) is 48.2 Å². The molecule has 0 unspecified atom stereocenters. The Morgan fingerprint density at radius 3 is 2.58 bits per heavy atom. The highest BCUT2D eigenvalue weighted by atomic mass is 35.5. The van der Waals surface area contributed by atoms with Gasteiger partial charge in [0, 0.05) is 23.2 Å². The number of hydrogen-bond donors (Lipinski definition) is 1. The Labute approximate surface area is 186 Å². The Bertz CT molecular complexity index is 1110. The van der Waals surface area contributed by atoms with Gasteiger partial charge in [0.05, 0.1) is 12.2 Å². The van der Waals surface area contributed by atoms with Crippen LogP contribution < -0.4 is 15.6 Å². The zero-order valence-corrected chi connectivity index (χ0v) is 18.6. The van der Waals surface area contributed by atoms with Crippen LogP contribution >= 0.6 is 11.6 Å². The summed E-state index contributed by atoms with van der Waals surface area (Å²) < 4.78 is 7.08. The summed E-state index contributed by atoms with van der Waals surface area (Å²) in [6.07, 6.45) is 0. The van der Waals surface area contributed by atoms with Crippen LogP contribution in [0.3, 0.4) is 0 Å². The highest BCUT2D eigenvalue weighted by Gasteiger charge is 2.10. The molecule has 31 heavy (non-hydrogen) atoms. The van der Waals surface area contributed by atoms with E-state index in [2.05, 4.69) is 24.3 Å². The number of nitrogens with one attached hydrogen (secondary N) is 1. The third-order valence-electron chi connectivity index (χ3n) is 4.80. The maximum absolute atomic E-state index is 12.2. The monoisotopic (exact) mass is 439 g/mol. The molecule has 0 fully saturated rings. The Hall–Kier alpha value is -3.12. The van der Waals surface area contributed by atoms with Crippen LogP contribution in [0.15, 0.2) is 59.4 Å². The maximum Gasteiger partial charge on any atom is 0.266 e. The zero-order chi connectivity index (χ0) is 22.4. The highest BCUT2D eigenvalue weighted by Crippen LogP contribution is 2.27. The molecule has 0 radical (unpaired) electrons. The fraction of sp³-hybridized carbons (Fsp3) is 0.292. The topological polar surface area (TPSA) is 73.2 Å². The number of carbonyl (C=O) groups excluding carboxylic acids is 1. The first-order valence-corrected chi connectivity index (χ1v) is 10.6. The lowest BCUT2D eigenvalue weighted by Crippen LogP contribution is -2.34. The number of ether oxygens (including phenoxy) is 1. The molecule has 3 rings (SSSR count). The van der Waals surface area contributed by atoms with Crippen molar-refractivity contribution in [1.29, 1.82) is 0 Å². The average molecular weight is 440 g/mol. The van der Waals surface area contributed by atoms with Crippen molar-refractivity contribution in [2.75, 3.05) is 13.2 Å². The predicted octanol–water partition coefficient (Wildman–Crippen LogP) is 4.19. The molecule has 7 heteroatoms. The number of rotatable bonds is 8. The second-order valence-corrected chi connectivity index (χ2v) is 8.06. The first-order valence-electron chi connectivity index (χ1n) is 10.2. The first-order chi connectivity index (χ1) is 14.8. The molecule has 0 saturated carbocycles. The van der Waals surface area contributed by atoms with Crippen molar-refractivity contribution in [3.63, 3.8) is 0 Å². The van der Waals surface area contributed by atoms with Gasteiger partial charge in [-0.15, -0.1) is 0 Å². The molecule has 0 aliphatic rings. The number of amides is 1. The van der Waals surface area contributed by atoms with E-state index in [1.165, 1.54) is 10.7 Å². The Morgan fingerprint density at radius 2 is 1.87 bits per heavy atom. The number of benzene rings is 2. The van der Waals surface area contributed by atoms with Crippen LogP contribution in [0.5, 0.6) is 5.75 Å². The third-order valence-corrected chi connectivity index (χ3v) is 5.05. The van der Waals surface area contributed by atoms with Gasteiger partial charge < -0.3 is 10.1 Å². The van der Waals surface area contributed by atoms with E-state index in [-0.39, 0.29) is 31.2 Å². The largest absolute Gasteiger partial charge is 0.483 e. The fourth-order valence-corrected chi connectivity index (χ4v) is 3.25. The summed E-state index contributed by atoms with van der Waals surface area (Å²) in [5.74, 6) is 0.765. The molecule has 0 saturated heterocycles. The Kier molecular flexibility index (Phi) is 7.47. The molecule has 0 atom stereocenters. The molecule has 0 aliphatic carbocycles. The predicted molar refractivity (Wildman–Crippen MR) is 123 cm³/mol. The molecule has 6 nitrogen and oxygen atoms in total. The lowest BCUT2D eigenvalue weighted by atomic mass is 10.0. The molecule has 1 amide bonds. The average Bonchev–Trinajstić information content (AvgIpc) is 2.74. The number of halogens is 1. The van der Waals surface area contributed by atoms with Crippen LogP contribution in [-0.4, -0.2) is 28.8 Å². The van der Waals surface area contributed by atoms with Gasteiger partial charge >= 0.3 is 0 Å². The van der Waals surface area contributed by atoms with Gasteiger partial charge in [-0.2, -0.15) is 5.10 Å². The molecule has 1 N–H and O–H groups in total. The van der Waals surface area contributed by atoms with Gasteiger partial charge in [0.1, 0.15) is 5.75 Å². The first kappa shape index (κ1) is 22.6. The van der Waals surface area contributed by atoms with Crippen molar-refractivity contribution in [3.05, 3.63) is 81.1 Å². The molecule has 1 heterocycles. The van der Waals surface area contributed by atoms with Crippen LogP contribution in [0.2, 0.25) is 5.02 Å². The molecule has 0 spiro atoms. The molecule has 0 aliphatic heterocycles. The summed E-state index contributed by atoms with van der Waals surface area (Å²) in [5, 5.41) is 7.79. The maximum atomic E-state index is 12.2. The van der Waals surface area contributed by atoms with Crippen LogP contribution in [0.25, 0.3) is 11.3 Å². The van der Waals surface area contributed by atoms with Crippen molar-refractivity contribution < 1.29 is 9.53 Å². The van der Waals surface area contributed by atoms with Gasteiger partial charge in [-0.3, -0.25) is 9.59 Å². The Morgan fingerprint density at radius 1 is 1.13 bits per heavy atom. The zero-order valence-electron chi connectivity index (χ0n) is 17.9. The van der Waals surface area contributed by atoms with Gasteiger partial charge in [0.2, 0.25) is 0 Å². The minimum Gasteiger partial charge on any atom is -0.483 e. The fourth-order valence-electron chi connectivity index (χ4n) is 3.12. The number of hydrogen-bond acceptors (Lipinski definition) is 4. The summed E-state index contributed by atoms with van der Waals surface area (Å²) in [7, 11) is 0.